The lowest BCUT2D eigenvalue weighted by atomic mass is 10.0. The molecule has 0 radical (unpaired) electrons. The second-order valence-electron chi connectivity index (χ2n) is 13.1. The van der Waals surface area contributed by atoms with Crippen LogP contribution in [0, 0.1) is 11.8 Å². The van der Waals surface area contributed by atoms with Gasteiger partial charge in [-0.1, -0.05) is 27.7 Å². The number of carbonyl (C=O) groups is 5. The highest BCUT2D eigenvalue weighted by Gasteiger charge is 2.25. The van der Waals surface area contributed by atoms with E-state index >= 15 is 0 Å². The highest BCUT2D eigenvalue weighted by atomic mass is 16.6. The van der Waals surface area contributed by atoms with E-state index in [0.717, 1.165) is 0 Å². The maximum atomic E-state index is 12.7. The number of hydrogen-bond acceptors (Lipinski definition) is 6. The normalized spacial score (nSPS) is 13.6. The van der Waals surface area contributed by atoms with E-state index in [2.05, 4.69) is 47.9 Å². The maximum absolute atomic E-state index is 12.7. The van der Waals surface area contributed by atoms with Crippen LogP contribution in [0.2, 0.25) is 0 Å². The predicted octanol–water partition coefficient (Wildman–Crippen LogP) is 1.94. The van der Waals surface area contributed by atoms with E-state index in [1.165, 1.54) is 7.05 Å². The van der Waals surface area contributed by atoms with Crippen LogP contribution in [0.3, 0.4) is 0 Å². The number of hydrogen-bond donors (Lipinski definition) is 9. The van der Waals surface area contributed by atoms with Crippen molar-refractivity contribution in [2.45, 2.75) is 105 Å². The molecule has 43 heavy (non-hydrogen) atoms. The second-order valence-corrected chi connectivity index (χ2v) is 13.1. The highest BCUT2D eigenvalue weighted by molar-refractivity contribution is 5.77. The van der Waals surface area contributed by atoms with Crippen molar-refractivity contribution in [3.05, 3.63) is 0 Å². The minimum atomic E-state index is -0.766. The molecule has 0 rings (SSSR count). The number of rotatable bonds is 15. The van der Waals surface area contributed by atoms with Gasteiger partial charge in [0, 0.05) is 45.3 Å². The number of amides is 9. The minimum Gasteiger partial charge on any atom is -0.444 e. The lowest BCUT2D eigenvalue weighted by Gasteiger charge is -2.30. The van der Waals surface area contributed by atoms with Crippen molar-refractivity contribution >= 4 is 30.2 Å². The van der Waals surface area contributed by atoms with E-state index < -0.39 is 35.3 Å². The Morgan fingerprint density at radius 1 is 0.674 bits per heavy atom. The largest absolute Gasteiger partial charge is 0.444 e. The smallest absolute Gasteiger partial charge is 0.407 e. The van der Waals surface area contributed by atoms with Crippen molar-refractivity contribution in [3.8, 4) is 0 Å². The number of ether oxygens (including phenoxy) is 1. The zero-order valence-corrected chi connectivity index (χ0v) is 27.9. The molecule has 0 spiro atoms. The quantitative estimate of drug-likeness (QED) is 0.135. The molecule has 0 aromatic rings. The maximum Gasteiger partial charge on any atom is 0.407 e. The summed E-state index contributed by atoms with van der Waals surface area (Å²) in [6.07, 6.45) is 0.102. The summed E-state index contributed by atoms with van der Waals surface area (Å²) >= 11 is 0. The van der Waals surface area contributed by atoms with Crippen molar-refractivity contribution in [1.82, 2.24) is 47.9 Å². The SMILES string of the molecule is CNC(=O)NC[C@H](CC(C)C)NC(=O)NC[C@H](C)NC(=O)NC[C@@H](NC(=O)NC(C)(C)CNC(=O)OC(C)(C)C)C(C)C. The summed E-state index contributed by atoms with van der Waals surface area (Å²) < 4.78 is 5.23. The van der Waals surface area contributed by atoms with Gasteiger partial charge in [-0.2, -0.15) is 0 Å². The van der Waals surface area contributed by atoms with E-state index in [0.29, 0.717) is 12.3 Å². The van der Waals surface area contributed by atoms with Crippen LogP contribution < -0.4 is 47.9 Å². The monoisotopic (exact) mass is 615 g/mol. The van der Waals surface area contributed by atoms with Crippen molar-refractivity contribution in [3.63, 3.8) is 0 Å². The molecule has 0 heterocycles. The van der Waals surface area contributed by atoms with E-state index in [9.17, 15) is 24.0 Å². The molecular weight excluding hydrogens is 558 g/mol. The Morgan fingerprint density at radius 3 is 1.77 bits per heavy atom. The number of carbonyl (C=O) groups excluding carboxylic acids is 5. The number of urea groups is 4. The van der Waals surface area contributed by atoms with Gasteiger partial charge in [0.15, 0.2) is 0 Å². The molecule has 0 saturated carbocycles. The number of alkyl carbamates (subject to hydrolysis) is 1. The lowest BCUT2D eigenvalue weighted by Crippen LogP contribution is -2.58. The van der Waals surface area contributed by atoms with Gasteiger partial charge >= 0.3 is 30.2 Å². The van der Waals surface area contributed by atoms with Crippen LogP contribution in [-0.2, 0) is 4.74 Å². The summed E-state index contributed by atoms with van der Waals surface area (Å²) in [6, 6.07) is -2.64. The van der Waals surface area contributed by atoms with E-state index in [1.807, 2.05) is 27.7 Å². The van der Waals surface area contributed by atoms with Crippen LogP contribution in [0.5, 0.6) is 0 Å². The summed E-state index contributed by atoms with van der Waals surface area (Å²) in [4.78, 5) is 61.0. The Morgan fingerprint density at radius 2 is 1.23 bits per heavy atom. The van der Waals surface area contributed by atoms with Gasteiger partial charge in [0.05, 0.1) is 11.6 Å². The first-order valence-electron chi connectivity index (χ1n) is 14.8. The minimum absolute atomic E-state index is 0.00788. The standard InChI is InChI=1S/C28H57N9O6/c1-17(2)12-20(14-31-22(38)29-11)35-24(40)30-13-19(5)34-23(39)32-15-21(18(3)4)36-25(41)37-28(9,10)16-33-26(42)43-27(6,7)8/h17-21H,12-16H2,1-11H3,(H,33,42)(H2,29,31,38)(H2,30,35,40)(H2,32,34,39)(H2,36,37,41)/t19-,20-,21+/m0/s1. The third-order valence-corrected chi connectivity index (χ3v) is 5.90. The molecule has 0 unspecified atom stereocenters. The third-order valence-electron chi connectivity index (χ3n) is 5.90. The molecule has 15 heteroatoms. The van der Waals surface area contributed by atoms with Gasteiger partial charge in [0.1, 0.15) is 5.60 Å². The van der Waals surface area contributed by atoms with Crippen molar-refractivity contribution in [2.24, 2.45) is 11.8 Å². The first kappa shape index (κ1) is 39.4. The molecule has 0 fully saturated rings. The van der Waals surface area contributed by atoms with Crippen molar-refractivity contribution in [1.29, 1.82) is 0 Å². The van der Waals surface area contributed by atoms with Crippen LogP contribution in [0.25, 0.3) is 0 Å². The summed E-state index contributed by atoms with van der Waals surface area (Å²) in [5.41, 5.74) is -1.40. The molecule has 0 aliphatic heterocycles. The predicted molar refractivity (Wildman–Crippen MR) is 167 cm³/mol. The van der Waals surface area contributed by atoms with E-state index in [-0.39, 0.29) is 56.3 Å². The van der Waals surface area contributed by atoms with Gasteiger partial charge in [-0.3, -0.25) is 0 Å². The molecule has 0 aliphatic rings. The zero-order valence-electron chi connectivity index (χ0n) is 27.9. The van der Waals surface area contributed by atoms with Crippen LogP contribution in [0.15, 0.2) is 0 Å². The first-order chi connectivity index (χ1) is 19.7. The van der Waals surface area contributed by atoms with Gasteiger partial charge in [-0.05, 0) is 59.8 Å². The van der Waals surface area contributed by atoms with Crippen LogP contribution in [0.1, 0.15) is 75.7 Å². The molecule has 9 amide bonds. The summed E-state index contributed by atoms with van der Waals surface area (Å²) in [6.45, 7) is 19.2. The lowest BCUT2D eigenvalue weighted by molar-refractivity contribution is 0.0514. The van der Waals surface area contributed by atoms with Gasteiger partial charge in [-0.15, -0.1) is 0 Å². The number of nitrogens with one attached hydrogen (secondary N) is 9. The Labute approximate surface area is 256 Å². The molecule has 0 aliphatic carbocycles. The fourth-order valence-corrected chi connectivity index (χ4v) is 3.69. The van der Waals surface area contributed by atoms with E-state index in [4.69, 9.17) is 4.74 Å². The average Bonchev–Trinajstić information content (AvgIpc) is 2.85. The molecule has 3 atom stereocenters. The Kier molecular flexibility index (Phi) is 17.2. The van der Waals surface area contributed by atoms with Crippen molar-refractivity contribution in [2.75, 3.05) is 33.2 Å². The second kappa shape index (κ2) is 18.8. The fraction of sp³-hybridized carbons (Fsp3) is 0.821. The molecule has 0 aromatic carbocycles. The molecule has 9 N–H and O–H groups in total. The van der Waals surface area contributed by atoms with E-state index in [1.54, 1.807) is 41.5 Å². The Hall–Kier alpha value is -3.65. The molecular formula is C28H57N9O6. The Balaban J connectivity index is 4.66. The van der Waals surface area contributed by atoms with Crippen LogP contribution in [-0.4, -0.2) is 92.7 Å². The summed E-state index contributed by atoms with van der Waals surface area (Å²) in [5, 5.41) is 24.6. The average molecular weight is 616 g/mol. The zero-order chi connectivity index (χ0) is 33.4. The van der Waals surface area contributed by atoms with Crippen molar-refractivity contribution < 1.29 is 28.7 Å². The van der Waals surface area contributed by atoms with Gasteiger partial charge in [-0.25, -0.2) is 24.0 Å². The third kappa shape index (κ3) is 20.8. The highest BCUT2D eigenvalue weighted by Crippen LogP contribution is 2.08. The summed E-state index contributed by atoms with van der Waals surface area (Å²) in [7, 11) is 1.52. The summed E-state index contributed by atoms with van der Waals surface area (Å²) in [5.74, 6) is 0.317. The molecule has 250 valence electrons. The molecule has 15 nitrogen and oxygen atoms in total. The van der Waals surface area contributed by atoms with Gasteiger partial charge in [0.2, 0.25) is 0 Å². The van der Waals surface area contributed by atoms with Crippen LogP contribution in [0.4, 0.5) is 24.0 Å². The van der Waals surface area contributed by atoms with Gasteiger partial charge < -0.3 is 52.6 Å². The fourth-order valence-electron chi connectivity index (χ4n) is 3.69. The van der Waals surface area contributed by atoms with Crippen LogP contribution >= 0.6 is 0 Å². The molecule has 0 aromatic heterocycles. The molecule has 0 saturated heterocycles. The molecule has 0 bridgehead atoms. The first-order valence-corrected chi connectivity index (χ1v) is 14.8. The topological polar surface area (TPSA) is 203 Å². The van der Waals surface area contributed by atoms with Gasteiger partial charge in [0.25, 0.3) is 0 Å². The Bertz CT molecular complexity index is 906.